The normalized spacial score (nSPS) is 10.5. The van der Waals surface area contributed by atoms with Crippen LogP contribution in [0.15, 0.2) is 52.3 Å². The van der Waals surface area contributed by atoms with Gasteiger partial charge in [-0.05, 0) is 12.1 Å². The third kappa shape index (κ3) is 3.15. The van der Waals surface area contributed by atoms with E-state index in [0.717, 1.165) is 10.2 Å². The lowest BCUT2D eigenvalue weighted by Gasteiger charge is -2.07. The molecule has 0 aromatic carbocycles. The van der Waals surface area contributed by atoms with Crippen LogP contribution < -0.4 is 10.9 Å². The van der Waals surface area contributed by atoms with E-state index in [4.69, 9.17) is 4.42 Å². The number of carbonyl (C=O) groups excluding carboxylic acids is 1. The summed E-state index contributed by atoms with van der Waals surface area (Å²) in [7, 11) is 1.48. The zero-order chi connectivity index (χ0) is 16.2. The third-order valence-corrected chi connectivity index (χ3v) is 3.18. The lowest BCUT2D eigenvalue weighted by molar-refractivity contribution is 0.0943. The van der Waals surface area contributed by atoms with E-state index in [2.05, 4.69) is 20.4 Å². The van der Waals surface area contributed by atoms with Gasteiger partial charge in [0.15, 0.2) is 0 Å². The number of furan rings is 1. The average Bonchev–Trinajstić information content (AvgIpc) is 3.10. The summed E-state index contributed by atoms with van der Waals surface area (Å²) in [5.74, 6) is -0.399. The highest BCUT2D eigenvalue weighted by Gasteiger charge is 2.12. The van der Waals surface area contributed by atoms with Crippen LogP contribution in [0.4, 0.5) is 0 Å². The predicted octanol–water partition coefficient (Wildman–Crippen LogP) is 0.760. The first kappa shape index (κ1) is 14.6. The number of hydrogen-bond donors (Lipinski definition) is 1. The molecule has 3 aromatic heterocycles. The fourth-order valence-electron chi connectivity index (χ4n) is 2.01. The molecule has 116 valence electrons. The number of nitrogens with zero attached hydrogens (tertiary/aromatic N) is 4. The van der Waals surface area contributed by atoms with Crippen LogP contribution >= 0.6 is 0 Å². The largest absolute Gasteiger partial charge is 0.472 e. The fourth-order valence-corrected chi connectivity index (χ4v) is 2.01. The van der Waals surface area contributed by atoms with E-state index in [1.54, 1.807) is 31.0 Å². The molecule has 0 aliphatic rings. The van der Waals surface area contributed by atoms with Crippen LogP contribution in [0.2, 0.25) is 0 Å². The topological polar surface area (TPSA) is 103 Å². The summed E-state index contributed by atoms with van der Waals surface area (Å²) >= 11 is 0. The molecule has 0 spiro atoms. The summed E-state index contributed by atoms with van der Waals surface area (Å²) < 4.78 is 6.15. The van der Waals surface area contributed by atoms with E-state index in [9.17, 15) is 9.59 Å². The number of hydrogen-bond acceptors (Lipinski definition) is 6. The van der Waals surface area contributed by atoms with Gasteiger partial charge in [-0.25, -0.2) is 4.68 Å². The van der Waals surface area contributed by atoms with Gasteiger partial charge in [-0.3, -0.25) is 19.6 Å². The van der Waals surface area contributed by atoms with Crippen molar-refractivity contribution in [3.63, 3.8) is 0 Å². The molecule has 23 heavy (non-hydrogen) atoms. The van der Waals surface area contributed by atoms with Gasteiger partial charge >= 0.3 is 0 Å². The molecule has 0 saturated heterocycles. The van der Waals surface area contributed by atoms with Crippen LogP contribution in [-0.4, -0.2) is 25.7 Å². The Hall–Kier alpha value is -3.29. The Labute approximate surface area is 130 Å². The number of carbonyl (C=O) groups is 1. The van der Waals surface area contributed by atoms with Gasteiger partial charge in [0.05, 0.1) is 30.5 Å². The number of aromatic nitrogens is 4. The van der Waals surface area contributed by atoms with Crippen molar-refractivity contribution in [2.45, 2.75) is 6.54 Å². The summed E-state index contributed by atoms with van der Waals surface area (Å²) in [6.07, 6.45) is 6.22. The third-order valence-electron chi connectivity index (χ3n) is 3.18. The molecule has 0 aliphatic heterocycles. The molecular formula is C15H13N5O3. The Kier molecular flexibility index (Phi) is 3.96. The average molecular weight is 311 g/mol. The minimum Gasteiger partial charge on any atom is -0.472 e. The SMILES string of the molecule is Cn1nc(C(=O)NCc2nccnc2-c2ccoc2)ccc1=O. The smallest absolute Gasteiger partial charge is 0.272 e. The molecule has 3 rings (SSSR count). The Morgan fingerprint density at radius 1 is 1.26 bits per heavy atom. The van der Waals surface area contributed by atoms with Crippen molar-refractivity contribution < 1.29 is 9.21 Å². The van der Waals surface area contributed by atoms with E-state index < -0.39 is 5.91 Å². The molecule has 0 atom stereocenters. The van der Waals surface area contributed by atoms with Crippen LogP contribution in [0.1, 0.15) is 16.2 Å². The summed E-state index contributed by atoms with van der Waals surface area (Å²) in [5, 5.41) is 6.61. The number of amides is 1. The quantitative estimate of drug-likeness (QED) is 0.763. The van der Waals surface area contributed by atoms with Gasteiger partial charge in [0, 0.05) is 31.1 Å². The van der Waals surface area contributed by atoms with Crippen molar-refractivity contribution in [3.8, 4) is 11.3 Å². The fraction of sp³-hybridized carbons (Fsp3) is 0.133. The minimum absolute atomic E-state index is 0.154. The van der Waals surface area contributed by atoms with Gasteiger partial charge in [0.2, 0.25) is 0 Å². The van der Waals surface area contributed by atoms with Crippen molar-refractivity contribution in [2.24, 2.45) is 7.05 Å². The highest BCUT2D eigenvalue weighted by atomic mass is 16.3. The molecule has 0 saturated carbocycles. The second-order valence-corrected chi connectivity index (χ2v) is 4.73. The second kappa shape index (κ2) is 6.22. The van der Waals surface area contributed by atoms with Crippen molar-refractivity contribution in [1.82, 2.24) is 25.1 Å². The van der Waals surface area contributed by atoms with Gasteiger partial charge in [-0.15, -0.1) is 0 Å². The molecule has 0 radical (unpaired) electrons. The molecule has 3 heterocycles. The van der Waals surface area contributed by atoms with E-state index in [0.29, 0.717) is 11.4 Å². The van der Waals surface area contributed by atoms with Crippen molar-refractivity contribution in [1.29, 1.82) is 0 Å². The maximum absolute atomic E-state index is 12.1. The molecule has 0 fully saturated rings. The van der Waals surface area contributed by atoms with Crippen LogP contribution in [0.25, 0.3) is 11.3 Å². The van der Waals surface area contributed by atoms with Crippen molar-refractivity contribution in [3.05, 3.63) is 64.9 Å². The van der Waals surface area contributed by atoms with Gasteiger partial charge in [0.25, 0.3) is 11.5 Å². The summed E-state index contributed by atoms with van der Waals surface area (Å²) in [4.78, 5) is 31.9. The molecule has 0 aliphatic carbocycles. The zero-order valence-electron chi connectivity index (χ0n) is 12.3. The van der Waals surface area contributed by atoms with Crippen molar-refractivity contribution in [2.75, 3.05) is 0 Å². The first-order chi connectivity index (χ1) is 11.1. The monoisotopic (exact) mass is 311 g/mol. The van der Waals surface area contributed by atoms with Gasteiger partial charge in [-0.2, -0.15) is 5.10 Å². The maximum atomic E-state index is 12.1. The first-order valence-electron chi connectivity index (χ1n) is 6.80. The molecule has 1 N–H and O–H groups in total. The predicted molar refractivity (Wildman–Crippen MR) is 80.4 cm³/mol. The molecule has 1 amide bonds. The Morgan fingerprint density at radius 2 is 2.09 bits per heavy atom. The molecule has 8 nitrogen and oxygen atoms in total. The second-order valence-electron chi connectivity index (χ2n) is 4.73. The summed E-state index contributed by atoms with van der Waals surface area (Å²) in [6.45, 7) is 0.178. The standard InChI is InChI=1S/C15H13N5O3/c1-20-13(21)3-2-11(19-20)15(22)18-8-12-14(17-6-5-16-12)10-4-7-23-9-10/h2-7,9H,8H2,1H3,(H,18,22). The Balaban J connectivity index is 1.77. The highest BCUT2D eigenvalue weighted by molar-refractivity contribution is 5.92. The highest BCUT2D eigenvalue weighted by Crippen LogP contribution is 2.19. The van der Waals surface area contributed by atoms with Crippen LogP contribution in [0, 0.1) is 0 Å². The number of aryl methyl sites for hydroxylation is 1. The lowest BCUT2D eigenvalue weighted by Crippen LogP contribution is -2.28. The van der Waals surface area contributed by atoms with Crippen LogP contribution in [-0.2, 0) is 13.6 Å². The molecular weight excluding hydrogens is 298 g/mol. The van der Waals surface area contributed by atoms with Crippen LogP contribution in [0.3, 0.4) is 0 Å². The zero-order valence-corrected chi connectivity index (χ0v) is 12.3. The van der Waals surface area contributed by atoms with Gasteiger partial charge in [0.1, 0.15) is 5.69 Å². The van der Waals surface area contributed by atoms with E-state index in [-0.39, 0.29) is 17.8 Å². The number of nitrogens with one attached hydrogen (secondary N) is 1. The minimum atomic E-state index is -0.399. The lowest BCUT2D eigenvalue weighted by atomic mass is 10.2. The van der Waals surface area contributed by atoms with Crippen molar-refractivity contribution >= 4 is 5.91 Å². The number of rotatable bonds is 4. The Bertz CT molecular complexity index is 886. The summed E-state index contributed by atoms with van der Waals surface area (Å²) in [5.41, 5.74) is 1.89. The first-order valence-corrected chi connectivity index (χ1v) is 6.80. The van der Waals surface area contributed by atoms with E-state index >= 15 is 0 Å². The maximum Gasteiger partial charge on any atom is 0.272 e. The molecule has 0 bridgehead atoms. The van der Waals surface area contributed by atoms with E-state index in [1.807, 2.05) is 0 Å². The molecule has 3 aromatic rings. The van der Waals surface area contributed by atoms with E-state index in [1.165, 1.54) is 19.2 Å². The Morgan fingerprint density at radius 3 is 2.83 bits per heavy atom. The van der Waals surface area contributed by atoms with Crippen LogP contribution in [0.5, 0.6) is 0 Å². The summed E-state index contributed by atoms with van der Waals surface area (Å²) in [6, 6.07) is 4.44. The van der Waals surface area contributed by atoms with Gasteiger partial charge in [-0.1, -0.05) is 0 Å². The van der Waals surface area contributed by atoms with Gasteiger partial charge < -0.3 is 9.73 Å². The molecule has 0 unspecified atom stereocenters. The molecule has 8 heteroatoms.